The minimum Gasteiger partial charge on any atom is -0.502 e. The molecule has 1 aromatic heterocycles. The molecule has 0 radical (unpaired) electrons. The van der Waals surface area contributed by atoms with Crippen molar-refractivity contribution in [1.29, 1.82) is 0 Å². The van der Waals surface area contributed by atoms with Gasteiger partial charge in [-0.05, 0) is 12.1 Å². The van der Waals surface area contributed by atoms with Gasteiger partial charge in [0.05, 0.1) is 11.5 Å². The van der Waals surface area contributed by atoms with Gasteiger partial charge in [0.2, 0.25) is 0 Å². The van der Waals surface area contributed by atoms with Gasteiger partial charge in [-0.3, -0.25) is 19.6 Å². The molecule has 9 nitrogen and oxygen atoms in total. The lowest BCUT2D eigenvalue weighted by atomic mass is 10.2. The topological polar surface area (TPSA) is 123 Å². The van der Waals surface area contributed by atoms with Gasteiger partial charge in [0.1, 0.15) is 6.33 Å². The Morgan fingerprint density at radius 2 is 2.30 bits per heavy atom. The summed E-state index contributed by atoms with van der Waals surface area (Å²) in [5, 5.41) is 26.5. The second-order valence-corrected chi connectivity index (χ2v) is 3.98. The van der Waals surface area contributed by atoms with Crippen molar-refractivity contribution in [1.82, 2.24) is 20.1 Å². The van der Waals surface area contributed by atoms with Gasteiger partial charge in [0, 0.05) is 18.7 Å². The second kappa shape index (κ2) is 5.34. The van der Waals surface area contributed by atoms with Gasteiger partial charge in [-0.2, -0.15) is 5.10 Å². The predicted molar refractivity (Wildman–Crippen MR) is 66.9 cm³/mol. The van der Waals surface area contributed by atoms with Gasteiger partial charge in [-0.1, -0.05) is 0 Å². The zero-order valence-electron chi connectivity index (χ0n) is 10.5. The SMILES string of the molecule is Cn1cnc(CNC(=O)c2ccc([N+](=O)[O-])c(O)c2)n1. The normalized spacial score (nSPS) is 10.2. The zero-order chi connectivity index (χ0) is 14.7. The number of nitro benzene ring substituents is 1. The zero-order valence-corrected chi connectivity index (χ0v) is 10.5. The van der Waals surface area contributed by atoms with Gasteiger partial charge in [-0.25, -0.2) is 4.98 Å². The molecule has 0 aliphatic carbocycles. The molecule has 2 aromatic rings. The number of aromatic nitrogens is 3. The highest BCUT2D eigenvalue weighted by atomic mass is 16.6. The Bertz CT molecular complexity index is 667. The third kappa shape index (κ3) is 2.88. The molecular formula is C11H11N5O4. The number of phenols is 1. The molecule has 0 saturated heterocycles. The molecule has 0 aliphatic heterocycles. The Kier molecular flexibility index (Phi) is 3.60. The second-order valence-electron chi connectivity index (χ2n) is 3.98. The minimum absolute atomic E-state index is 0.115. The molecular weight excluding hydrogens is 266 g/mol. The summed E-state index contributed by atoms with van der Waals surface area (Å²) in [4.78, 5) is 25.6. The Morgan fingerprint density at radius 1 is 1.55 bits per heavy atom. The Labute approximate surface area is 113 Å². The number of nitro groups is 1. The molecule has 1 amide bonds. The molecule has 0 spiro atoms. The summed E-state index contributed by atoms with van der Waals surface area (Å²) in [6.45, 7) is 0.122. The maximum Gasteiger partial charge on any atom is 0.310 e. The van der Waals surface area contributed by atoms with Crippen molar-refractivity contribution in [2.24, 2.45) is 7.05 Å². The van der Waals surface area contributed by atoms with Crippen molar-refractivity contribution in [2.45, 2.75) is 6.54 Å². The number of hydrogen-bond acceptors (Lipinski definition) is 6. The van der Waals surface area contributed by atoms with Crippen LogP contribution in [0.25, 0.3) is 0 Å². The largest absolute Gasteiger partial charge is 0.502 e. The number of carbonyl (C=O) groups is 1. The van der Waals surface area contributed by atoms with E-state index in [-0.39, 0.29) is 12.1 Å². The number of aryl methyl sites for hydroxylation is 1. The van der Waals surface area contributed by atoms with E-state index in [0.717, 1.165) is 12.1 Å². The lowest BCUT2D eigenvalue weighted by Crippen LogP contribution is -2.23. The first-order chi connectivity index (χ1) is 9.47. The van der Waals surface area contributed by atoms with Crippen molar-refractivity contribution in [3.63, 3.8) is 0 Å². The maximum absolute atomic E-state index is 11.8. The smallest absolute Gasteiger partial charge is 0.310 e. The monoisotopic (exact) mass is 277 g/mol. The molecule has 0 fully saturated rings. The van der Waals surface area contributed by atoms with Crippen LogP contribution in [0.3, 0.4) is 0 Å². The minimum atomic E-state index is -0.727. The highest BCUT2D eigenvalue weighted by molar-refractivity contribution is 5.94. The molecule has 1 heterocycles. The van der Waals surface area contributed by atoms with Crippen LogP contribution in [0.2, 0.25) is 0 Å². The van der Waals surface area contributed by atoms with Crippen LogP contribution in [0, 0.1) is 10.1 Å². The standard InChI is InChI=1S/C11H11N5O4/c1-15-6-13-10(14-15)5-12-11(18)7-2-3-8(16(19)20)9(17)4-7/h2-4,6,17H,5H2,1H3,(H,12,18). The highest BCUT2D eigenvalue weighted by Gasteiger charge is 2.16. The molecule has 0 aliphatic rings. The molecule has 104 valence electrons. The van der Waals surface area contributed by atoms with Crippen LogP contribution in [-0.4, -0.2) is 30.7 Å². The summed E-state index contributed by atoms with van der Waals surface area (Å²) in [6, 6.07) is 3.38. The predicted octanol–water partition coefficient (Wildman–Crippen LogP) is 0.359. The molecule has 2 N–H and O–H groups in total. The van der Waals surface area contributed by atoms with Gasteiger partial charge >= 0.3 is 5.69 Å². The lowest BCUT2D eigenvalue weighted by Gasteiger charge is -2.03. The van der Waals surface area contributed by atoms with Crippen LogP contribution < -0.4 is 5.32 Å². The first-order valence-electron chi connectivity index (χ1n) is 5.57. The first kappa shape index (κ1) is 13.5. The number of rotatable bonds is 4. The van der Waals surface area contributed by atoms with Crippen LogP contribution in [0.5, 0.6) is 5.75 Å². The molecule has 20 heavy (non-hydrogen) atoms. The number of amides is 1. The fraction of sp³-hybridized carbons (Fsp3) is 0.182. The number of nitrogens with zero attached hydrogens (tertiary/aromatic N) is 4. The molecule has 0 atom stereocenters. The average Bonchev–Trinajstić information content (AvgIpc) is 2.81. The van der Waals surface area contributed by atoms with Gasteiger partial charge in [-0.15, -0.1) is 0 Å². The van der Waals surface area contributed by atoms with E-state index < -0.39 is 22.3 Å². The van der Waals surface area contributed by atoms with E-state index in [0.29, 0.717) is 5.82 Å². The Balaban J connectivity index is 2.06. The quantitative estimate of drug-likeness (QED) is 0.614. The van der Waals surface area contributed by atoms with E-state index in [2.05, 4.69) is 15.4 Å². The van der Waals surface area contributed by atoms with Crippen LogP contribution in [-0.2, 0) is 13.6 Å². The van der Waals surface area contributed by atoms with Crippen LogP contribution >= 0.6 is 0 Å². The Hall–Kier alpha value is -2.97. The van der Waals surface area contributed by atoms with Crippen molar-refractivity contribution in [3.05, 3.63) is 46.0 Å². The van der Waals surface area contributed by atoms with Crippen molar-refractivity contribution in [3.8, 4) is 5.75 Å². The first-order valence-corrected chi connectivity index (χ1v) is 5.57. The van der Waals surface area contributed by atoms with Crippen LogP contribution in [0.1, 0.15) is 16.2 Å². The number of benzene rings is 1. The maximum atomic E-state index is 11.8. The van der Waals surface area contributed by atoms with Crippen LogP contribution in [0.4, 0.5) is 5.69 Å². The van der Waals surface area contributed by atoms with Crippen molar-refractivity contribution < 1.29 is 14.8 Å². The number of carbonyl (C=O) groups excluding carboxylic acids is 1. The number of nitrogens with one attached hydrogen (secondary N) is 1. The molecule has 0 unspecified atom stereocenters. The fourth-order valence-corrected chi connectivity index (χ4v) is 1.55. The third-order valence-electron chi connectivity index (χ3n) is 2.49. The van der Waals surface area contributed by atoms with Gasteiger partial charge < -0.3 is 10.4 Å². The number of hydrogen-bond donors (Lipinski definition) is 2. The van der Waals surface area contributed by atoms with E-state index in [1.54, 1.807) is 7.05 Å². The summed E-state index contributed by atoms with van der Waals surface area (Å²) >= 11 is 0. The van der Waals surface area contributed by atoms with Gasteiger partial charge in [0.25, 0.3) is 5.91 Å². The molecule has 9 heteroatoms. The van der Waals surface area contributed by atoms with E-state index in [4.69, 9.17) is 0 Å². The molecule has 1 aromatic carbocycles. The van der Waals surface area contributed by atoms with Gasteiger partial charge in [0.15, 0.2) is 11.6 Å². The van der Waals surface area contributed by atoms with E-state index in [1.165, 1.54) is 17.1 Å². The summed E-state index contributed by atoms with van der Waals surface area (Å²) in [7, 11) is 1.70. The van der Waals surface area contributed by atoms with Crippen molar-refractivity contribution >= 4 is 11.6 Å². The van der Waals surface area contributed by atoms with E-state index in [1.807, 2.05) is 0 Å². The lowest BCUT2D eigenvalue weighted by molar-refractivity contribution is -0.385. The third-order valence-corrected chi connectivity index (χ3v) is 2.49. The van der Waals surface area contributed by atoms with Crippen LogP contribution in [0.15, 0.2) is 24.5 Å². The molecule has 0 saturated carbocycles. The average molecular weight is 277 g/mol. The number of phenolic OH excluding ortho intramolecular Hbond substituents is 1. The molecule has 2 rings (SSSR count). The fourth-order valence-electron chi connectivity index (χ4n) is 1.55. The van der Waals surface area contributed by atoms with E-state index >= 15 is 0 Å². The number of aromatic hydroxyl groups is 1. The highest BCUT2D eigenvalue weighted by Crippen LogP contribution is 2.26. The van der Waals surface area contributed by atoms with E-state index in [9.17, 15) is 20.0 Å². The summed E-state index contributed by atoms with van der Waals surface area (Å²) in [5.74, 6) is -0.603. The summed E-state index contributed by atoms with van der Waals surface area (Å²) in [5.41, 5.74) is -0.336. The van der Waals surface area contributed by atoms with Crippen molar-refractivity contribution in [2.75, 3.05) is 0 Å². The Morgan fingerprint density at radius 3 is 2.85 bits per heavy atom. The summed E-state index contributed by atoms with van der Waals surface area (Å²) < 4.78 is 1.50. The summed E-state index contributed by atoms with van der Waals surface area (Å²) in [6.07, 6.45) is 1.50. The molecule has 0 bridgehead atoms.